The summed E-state index contributed by atoms with van der Waals surface area (Å²) in [6.07, 6.45) is 4.57. The fourth-order valence-electron chi connectivity index (χ4n) is 1.45. The van der Waals surface area contributed by atoms with E-state index in [0.29, 0.717) is 15.6 Å². The average Bonchev–Trinajstić information content (AvgIpc) is 2.30. The molecule has 0 aliphatic heterocycles. The first-order valence-electron chi connectivity index (χ1n) is 4.64. The van der Waals surface area contributed by atoms with E-state index in [1.807, 2.05) is 0 Å². The van der Waals surface area contributed by atoms with E-state index in [0.717, 1.165) is 0 Å². The summed E-state index contributed by atoms with van der Waals surface area (Å²) in [5.41, 5.74) is 7.06. The third-order valence-electron chi connectivity index (χ3n) is 2.25. The van der Waals surface area contributed by atoms with Crippen LogP contribution in [0.25, 0.3) is 0 Å². The lowest BCUT2D eigenvalue weighted by atomic mass is 10.0. The Morgan fingerprint density at radius 3 is 2.56 bits per heavy atom. The first-order chi connectivity index (χ1) is 7.70. The van der Waals surface area contributed by atoms with E-state index in [9.17, 15) is 4.39 Å². The second-order valence-corrected chi connectivity index (χ2v) is 4.14. The predicted molar refractivity (Wildman–Crippen MR) is 62.2 cm³/mol. The van der Waals surface area contributed by atoms with Gasteiger partial charge in [-0.15, -0.1) is 0 Å². The SMILES string of the molecule is NC(c1cncnc1)c1c(F)cccc1Br. The summed E-state index contributed by atoms with van der Waals surface area (Å²) in [6.45, 7) is 0. The van der Waals surface area contributed by atoms with Gasteiger partial charge in [0.15, 0.2) is 0 Å². The molecule has 0 saturated heterocycles. The zero-order valence-corrected chi connectivity index (χ0v) is 9.86. The van der Waals surface area contributed by atoms with Crippen molar-refractivity contribution in [2.45, 2.75) is 6.04 Å². The summed E-state index contributed by atoms with van der Waals surface area (Å²) < 4.78 is 14.3. The highest BCUT2D eigenvalue weighted by molar-refractivity contribution is 9.10. The second-order valence-electron chi connectivity index (χ2n) is 3.28. The molecule has 1 heterocycles. The molecule has 2 rings (SSSR count). The Kier molecular flexibility index (Phi) is 3.26. The molecule has 0 aliphatic carbocycles. The maximum atomic E-state index is 13.6. The number of nitrogens with zero attached hydrogens (tertiary/aromatic N) is 2. The van der Waals surface area contributed by atoms with Crippen LogP contribution in [0.1, 0.15) is 17.2 Å². The molecule has 0 aliphatic rings. The van der Waals surface area contributed by atoms with Crippen LogP contribution in [-0.2, 0) is 0 Å². The van der Waals surface area contributed by atoms with Gasteiger partial charge in [-0.25, -0.2) is 14.4 Å². The van der Waals surface area contributed by atoms with Crippen molar-refractivity contribution in [1.82, 2.24) is 9.97 Å². The van der Waals surface area contributed by atoms with Gasteiger partial charge in [0, 0.05) is 28.0 Å². The zero-order valence-electron chi connectivity index (χ0n) is 8.27. The number of hydrogen-bond acceptors (Lipinski definition) is 3. The molecule has 1 atom stereocenters. The van der Waals surface area contributed by atoms with Crippen LogP contribution in [0.5, 0.6) is 0 Å². The van der Waals surface area contributed by atoms with E-state index in [1.165, 1.54) is 12.4 Å². The lowest BCUT2D eigenvalue weighted by Crippen LogP contribution is -2.14. The first kappa shape index (κ1) is 11.2. The molecule has 0 fully saturated rings. The molecule has 16 heavy (non-hydrogen) atoms. The van der Waals surface area contributed by atoms with Gasteiger partial charge in [0.05, 0.1) is 6.04 Å². The molecule has 1 aromatic carbocycles. The molecule has 0 spiro atoms. The average molecular weight is 282 g/mol. The van der Waals surface area contributed by atoms with Gasteiger partial charge in [0.25, 0.3) is 0 Å². The van der Waals surface area contributed by atoms with Gasteiger partial charge in [0.1, 0.15) is 12.1 Å². The Balaban J connectivity index is 2.46. The Labute approximate surface area is 101 Å². The molecule has 0 radical (unpaired) electrons. The Morgan fingerprint density at radius 1 is 1.25 bits per heavy atom. The van der Waals surface area contributed by atoms with Crippen LogP contribution >= 0.6 is 15.9 Å². The third-order valence-corrected chi connectivity index (χ3v) is 2.94. The maximum Gasteiger partial charge on any atom is 0.129 e. The van der Waals surface area contributed by atoms with Gasteiger partial charge in [0.2, 0.25) is 0 Å². The minimum absolute atomic E-state index is 0.342. The number of aromatic nitrogens is 2. The summed E-state index contributed by atoms with van der Waals surface area (Å²) in [5.74, 6) is -0.342. The highest BCUT2D eigenvalue weighted by Gasteiger charge is 2.16. The minimum Gasteiger partial charge on any atom is -0.320 e. The lowest BCUT2D eigenvalue weighted by Gasteiger charge is -2.14. The van der Waals surface area contributed by atoms with Crippen molar-refractivity contribution < 1.29 is 4.39 Å². The normalized spacial score (nSPS) is 12.4. The van der Waals surface area contributed by atoms with Crippen molar-refractivity contribution in [2.24, 2.45) is 5.73 Å². The monoisotopic (exact) mass is 281 g/mol. The standard InChI is InChI=1S/C11H9BrFN3/c12-8-2-1-3-9(13)10(8)11(14)7-4-15-6-16-5-7/h1-6,11H,14H2. The van der Waals surface area contributed by atoms with Crippen LogP contribution in [0.2, 0.25) is 0 Å². The number of nitrogens with two attached hydrogens (primary N) is 1. The summed E-state index contributed by atoms with van der Waals surface area (Å²) in [5, 5.41) is 0. The van der Waals surface area contributed by atoms with Crippen LogP contribution < -0.4 is 5.73 Å². The van der Waals surface area contributed by atoms with Crippen molar-refractivity contribution in [2.75, 3.05) is 0 Å². The molecule has 3 nitrogen and oxygen atoms in total. The molecule has 0 saturated carbocycles. The molecule has 82 valence electrons. The Bertz CT molecular complexity index is 470. The molecule has 2 aromatic rings. The first-order valence-corrected chi connectivity index (χ1v) is 5.44. The highest BCUT2D eigenvalue weighted by atomic mass is 79.9. The van der Waals surface area contributed by atoms with Gasteiger partial charge >= 0.3 is 0 Å². The summed E-state index contributed by atoms with van der Waals surface area (Å²) in [7, 11) is 0. The van der Waals surface area contributed by atoms with Crippen LogP contribution in [0.3, 0.4) is 0 Å². The largest absolute Gasteiger partial charge is 0.320 e. The zero-order chi connectivity index (χ0) is 11.5. The molecular weight excluding hydrogens is 273 g/mol. The van der Waals surface area contributed by atoms with E-state index in [1.54, 1.807) is 24.5 Å². The fourth-order valence-corrected chi connectivity index (χ4v) is 2.03. The number of hydrogen-bond donors (Lipinski definition) is 1. The Hall–Kier alpha value is -1.33. The van der Waals surface area contributed by atoms with E-state index >= 15 is 0 Å². The van der Waals surface area contributed by atoms with Gasteiger partial charge in [-0.2, -0.15) is 0 Å². The van der Waals surface area contributed by atoms with E-state index < -0.39 is 6.04 Å². The van der Waals surface area contributed by atoms with Crippen LogP contribution in [-0.4, -0.2) is 9.97 Å². The molecule has 0 amide bonds. The fraction of sp³-hybridized carbons (Fsp3) is 0.0909. The summed E-state index contributed by atoms with van der Waals surface area (Å²) in [4.78, 5) is 7.72. The van der Waals surface area contributed by atoms with Gasteiger partial charge in [-0.1, -0.05) is 22.0 Å². The van der Waals surface area contributed by atoms with Gasteiger partial charge < -0.3 is 5.73 Å². The topological polar surface area (TPSA) is 51.8 Å². The quantitative estimate of drug-likeness (QED) is 0.920. The van der Waals surface area contributed by atoms with Crippen LogP contribution in [0, 0.1) is 5.82 Å². The van der Waals surface area contributed by atoms with E-state index in [-0.39, 0.29) is 5.82 Å². The molecule has 2 N–H and O–H groups in total. The smallest absolute Gasteiger partial charge is 0.129 e. The Morgan fingerprint density at radius 2 is 1.94 bits per heavy atom. The number of halogens is 2. The maximum absolute atomic E-state index is 13.6. The van der Waals surface area contributed by atoms with E-state index in [2.05, 4.69) is 25.9 Å². The lowest BCUT2D eigenvalue weighted by molar-refractivity contribution is 0.597. The van der Waals surface area contributed by atoms with Gasteiger partial charge in [-0.3, -0.25) is 0 Å². The number of rotatable bonds is 2. The van der Waals surface area contributed by atoms with Crippen LogP contribution in [0.4, 0.5) is 4.39 Å². The second kappa shape index (κ2) is 4.67. The van der Waals surface area contributed by atoms with Crippen molar-refractivity contribution in [1.29, 1.82) is 0 Å². The molecular formula is C11H9BrFN3. The van der Waals surface area contributed by atoms with Crippen molar-refractivity contribution in [3.05, 3.63) is 58.3 Å². The minimum atomic E-state index is -0.572. The summed E-state index contributed by atoms with van der Waals surface area (Å²) >= 11 is 3.28. The van der Waals surface area contributed by atoms with Crippen LogP contribution in [0.15, 0.2) is 41.4 Å². The molecule has 0 bridgehead atoms. The van der Waals surface area contributed by atoms with E-state index in [4.69, 9.17) is 5.73 Å². The molecule has 1 aromatic heterocycles. The third kappa shape index (κ3) is 2.10. The molecule has 5 heteroatoms. The number of benzene rings is 1. The predicted octanol–water partition coefficient (Wildman–Crippen LogP) is 2.43. The highest BCUT2D eigenvalue weighted by Crippen LogP contribution is 2.28. The van der Waals surface area contributed by atoms with Crippen molar-refractivity contribution >= 4 is 15.9 Å². The van der Waals surface area contributed by atoms with Gasteiger partial charge in [-0.05, 0) is 12.1 Å². The summed E-state index contributed by atoms with van der Waals surface area (Å²) in [6, 6.07) is 4.18. The molecule has 1 unspecified atom stereocenters. The van der Waals surface area contributed by atoms with Crippen molar-refractivity contribution in [3.63, 3.8) is 0 Å². The van der Waals surface area contributed by atoms with Crippen molar-refractivity contribution in [3.8, 4) is 0 Å².